The van der Waals surface area contributed by atoms with Gasteiger partial charge in [-0.15, -0.1) is 0 Å². The normalized spacial score (nSPS) is 13.5. The highest BCUT2D eigenvalue weighted by Gasteiger charge is 2.37. The zero-order valence-corrected chi connectivity index (χ0v) is 19.5. The highest BCUT2D eigenvalue weighted by atomic mass is 28.4. The van der Waals surface area contributed by atoms with Crippen molar-refractivity contribution < 1.29 is 9.22 Å². The first-order chi connectivity index (χ1) is 14.1. The van der Waals surface area contributed by atoms with Gasteiger partial charge in [0.2, 0.25) is 0 Å². The van der Waals surface area contributed by atoms with Crippen molar-refractivity contribution in [3.8, 4) is 0 Å². The number of anilines is 1. The highest BCUT2D eigenvalue weighted by Crippen LogP contribution is 2.36. The Balaban J connectivity index is 1.72. The molecule has 0 fully saturated rings. The summed E-state index contributed by atoms with van der Waals surface area (Å²) in [5.74, 6) is -0.169. The van der Waals surface area contributed by atoms with E-state index in [-0.39, 0.29) is 17.0 Å². The van der Waals surface area contributed by atoms with E-state index in [1.54, 1.807) is 0 Å². The molecule has 30 heavy (non-hydrogen) atoms. The van der Waals surface area contributed by atoms with Crippen LogP contribution in [0.15, 0.2) is 43.0 Å². The molecule has 0 aliphatic heterocycles. The van der Waals surface area contributed by atoms with E-state index in [0.717, 1.165) is 29.6 Å². The van der Waals surface area contributed by atoms with Gasteiger partial charge < -0.3 is 25.0 Å². The van der Waals surface area contributed by atoms with Crippen molar-refractivity contribution in [2.24, 2.45) is 0 Å². The number of hydrogen-bond acceptors (Lipinski definition) is 4. The first-order valence-electron chi connectivity index (χ1n) is 10.3. The summed E-state index contributed by atoms with van der Waals surface area (Å²) in [5.41, 5.74) is 8.26. The van der Waals surface area contributed by atoms with Crippen LogP contribution in [0.5, 0.6) is 0 Å². The molecule has 2 heterocycles. The third-order valence-electron chi connectivity index (χ3n) is 6.05. The number of rotatable bonds is 8. The molecular formula is C22H33N5O2Si. The van der Waals surface area contributed by atoms with Crippen LogP contribution in [0.1, 0.15) is 37.7 Å². The number of nitrogen functional groups attached to an aromatic ring is 1. The fourth-order valence-electron chi connectivity index (χ4n) is 3.06. The number of aromatic amines is 1. The molecule has 7 nitrogen and oxygen atoms in total. The predicted molar refractivity (Wildman–Crippen MR) is 124 cm³/mol. The molecule has 3 aromatic rings. The summed E-state index contributed by atoms with van der Waals surface area (Å²) in [6.07, 6.45) is 5.84. The topological polar surface area (TPSA) is 98.0 Å². The summed E-state index contributed by atoms with van der Waals surface area (Å²) in [6.45, 7) is 12.3. The minimum absolute atomic E-state index is 0.110. The number of benzene rings is 1. The summed E-state index contributed by atoms with van der Waals surface area (Å²) in [4.78, 5) is 19.4. The molecule has 0 aliphatic carbocycles. The minimum atomic E-state index is -1.93. The summed E-state index contributed by atoms with van der Waals surface area (Å²) >= 11 is 0. The van der Waals surface area contributed by atoms with Crippen molar-refractivity contribution in [2.75, 3.05) is 12.3 Å². The van der Waals surface area contributed by atoms with Gasteiger partial charge in [-0.05, 0) is 48.1 Å². The molecule has 162 valence electrons. The van der Waals surface area contributed by atoms with Crippen molar-refractivity contribution in [1.29, 1.82) is 0 Å². The van der Waals surface area contributed by atoms with Gasteiger partial charge >= 0.3 is 0 Å². The number of carbonyl (C=O) groups is 1. The summed E-state index contributed by atoms with van der Waals surface area (Å²) in [6, 6.07) is 7.89. The number of aryl methyl sites for hydroxylation is 1. The van der Waals surface area contributed by atoms with Crippen molar-refractivity contribution in [1.82, 2.24) is 19.9 Å². The Kier molecular flexibility index (Phi) is 6.38. The van der Waals surface area contributed by atoms with Gasteiger partial charge in [0.05, 0.1) is 30.7 Å². The number of H-pyrrole nitrogens is 1. The van der Waals surface area contributed by atoms with Crippen LogP contribution in [0.4, 0.5) is 5.69 Å². The van der Waals surface area contributed by atoms with Crippen LogP contribution in [-0.2, 0) is 11.0 Å². The van der Waals surface area contributed by atoms with Gasteiger partial charge in [0.1, 0.15) is 5.69 Å². The standard InChI is InChI=1S/C22H33N5O2Si/c1-22(2,3)30(4,5)29-14-18(26-21(28)19-13-24-15-25-19)9-11-27-10-8-16-6-7-17(23)12-20(16)27/h6-8,10,12-13,15,18H,9,11,14,23H2,1-5H3,(H,24,25)(H,26,28)/t18-/m1/s1. The molecule has 1 atom stereocenters. The molecule has 4 N–H and O–H groups in total. The Morgan fingerprint density at radius 1 is 1.33 bits per heavy atom. The first kappa shape index (κ1) is 22.1. The summed E-state index contributed by atoms with van der Waals surface area (Å²) < 4.78 is 8.59. The van der Waals surface area contributed by atoms with E-state index in [4.69, 9.17) is 10.2 Å². The third kappa shape index (κ3) is 5.12. The quantitative estimate of drug-likeness (QED) is 0.371. The average molecular weight is 428 g/mol. The van der Waals surface area contributed by atoms with Crippen molar-refractivity contribution in [3.05, 3.63) is 48.7 Å². The number of carbonyl (C=O) groups excluding carboxylic acids is 1. The smallest absolute Gasteiger partial charge is 0.269 e. The Hall–Kier alpha value is -2.58. The summed E-state index contributed by atoms with van der Waals surface area (Å²) in [7, 11) is -1.93. The number of nitrogens with one attached hydrogen (secondary N) is 2. The molecular weight excluding hydrogens is 394 g/mol. The van der Waals surface area contributed by atoms with Crippen molar-refractivity contribution >= 4 is 30.8 Å². The van der Waals surface area contributed by atoms with Gasteiger partial charge in [-0.1, -0.05) is 26.8 Å². The Morgan fingerprint density at radius 3 is 2.77 bits per heavy atom. The van der Waals surface area contributed by atoms with Gasteiger partial charge in [0.25, 0.3) is 5.91 Å². The van der Waals surface area contributed by atoms with Crippen LogP contribution in [0.2, 0.25) is 18.1 Å². The molecule has 1 amide bonds. The Bertz CT molecular complexity index is 989. The highest BCUT2D eigenvalue weighted by molar-refractivity contribution is 6.74. The predicted octanol–water partition coefficient (Wildman–Crippen LogP) is 4.16. The molecule has 0 bridgehead atoms. The number of fused-ring (bicyclic) bond motifs is 1. The monoisotopic (exact) mass is 427 g/mol. The van der Waals surface area contributed by atoms with Gasteiger partial charge in [0, 0.05) is 18.4 Å². The maximum Gasteiger partial charge on any atom is 0.269 e. The molecule has 0 saturated carbocycles. The molecule has 0 spiro atoms. The van der Waals surface area contributed by atoms with Crippen LogP contribution in [0, 0.1) is 0 Å². The van der Waals surface area contributed by atoms with E-state index < -0.39 is 8.32 Å². The number of imidazole rings is 1. The number of aromatic nitrogens is 3. The van der Waals surface area contributed by atoms with Crippen LogP contribution < -0.4 is 11.1 Å². The van der Waals surface area contributed by atoms with E-state index in [1.807, 2.05) is 18.2 Å². The van der Waals surface area contributed by atoms with Gasteiger partial charge in [0.15, 0.2) is 8.32 Å². The molecule has 8 heteroatoms. The largest absolute Gasteiger partial charge is 0.415 e. The molecule has 0 saturated heterocycles. The number of amides is 1. The Morgan fingerprint density at radius 2 is 2.10 bits per heavy atom. The van der Waals surface area contributed by atoms with Gasteiger partial charge in [-0.3, -0.25) is 4.79 Å². The lowest BCUT2D eigenvalue weighted by Crippen LogP contribution is -2.46. The zero-order chi connectivity index (χ0) is 21.9. The first-order valence-corrected chi connectivity index (χ1v) is 13.3. The SMILES string of the molecule is CC(C)(C)[Si](C)(C)OC[C@@H](CCn1ccc2ccc(N)cc21)NC(=O)c1cnc[nH]1. The second kappa shape index (κ2) is 8.65. The van der Waals surface area contributed by atoms with E-state index in [1.165, 1.54) is 12.5 Å². The lowest BCUT2D eigenvalue weighted by Gasteiger charge is -2.37. The number of nitrogens with two attached hydrogens (primary N) is 1. The third-order valence-corrected chi connectivity index (χ3v) is 10.5. The second-order valence-electron chi connectivity index (χ2n) is 9.32. The maximum atomic E-state index is 12.6. The fraction of sp³-hybridized carbons (Fsp3) is 0.455. The Labute approximate surface area is 179 Å². The molecule has 0 unspecified atom stereocenters. The van der Waals surface area contributed by atoms with Gasteiger partial charge in [-0.2, -0.15) is 0 Å². The van der Waals surface area contributed by atoms with Crippen molar-refractivity contribution in [2.45, 2.75) is 57.9 Å². The van der Waals surface area contributed by atoms with Crippen LogP contribution in [0.25, 0.3) is 10.9 Å². The molecule has 0 radical (unpaired) electrons. The zero-order valence-electron chi connectivity index (χ0n) is 18.5. The maximum absolute atomic E-state index is 12.6. The fourth-order valence-corrected chi connectivity index (χ4v) is 4.11. The van der Waals surface area contributed by atoms with E-state index in [2.05, 4.69) is 66.0 Å². The molecule has 0 aliphatic rings. The van der Waals surface area contributed by atoms with Crippen LogP contribution in [-0.4, -0.2) is 41.4 Å². The lowest BCUT2D eigenvalue weighted by atomic mass is 10.2. The molecule has 1 aromatic carbocycles. The van der Waals surface area contributed by atoms with Crippen molar-refractivity contribution in [3.63, 3.8) is 0 Å². The number of hydrogen-bond donors (Lipinski definition) is 3. The minimum Gasteiger partial charge on any atom is -0.415 e. The summed E-state index contributed by atoms with van der Waals surface area (Å²) in [5, 5.41) is 4.38. The second-order valence-corrected chi connectivity index (χ2v) is 14.1. The van der Waals surface area contributed by atoms with E-state index >= 15 is 0 Å². The average Bonchev–Trinajstić information content (AvgIpc) is 3.33. The van der Waals surface area contributed by atoms with Crippen LogP contribution in [0.3, 0.4) is 0 Å². The lowest BCUT2D eigenvalue weighted by molar-refractivity contribution is 0.0909. The van der Waals surface area contributed by atoms with E-state index in [9.17, 15) is 4.79 Å². The van der Waals surface area contributed by atoms with Crippen LogP contribution >= 0.6 is 0 Å². The number of nitrogens with zero attached hydrogens (tertiary/aromatic N) is 2. The molecule has 3 rings (SSSR count). The van der Waals surface area contributed by atoms with E-state index in [0.29, 0.717) is 12.3 Å². The molecule has 2 aromatic heterocycles. The van der Waals surface area contributed by atoms with Gasteiger partial charge in [-0.25, -0.2) is 4.98 Å².